The van der Waals surface area contributed by atoms with E-state index in [1.54, 1.807) is 6.92 Å². The molecule has 80 valence electrons. The summed E-state index contributed by atoms with van der Waals surface area (Å²) < 4.78 is 5.48. The molecule has 0 N–H and O–H groups in total. The highest BCUT2D eigenvalue weighted by Crippen LogP contribution is 2.18. The van der Waals surface area contributed by atoms with Crippen LogP contribution < -0.4 is 0 Å². The van der Waals surface area contributed by atoms with Crippen LogP contribution in [-0.4, -0.2) is 24.5 Å². The van der Waals surface area contributed by atoms with E-state index in [0.717, 1.165) is 17.7 Å². The first-order chi connectivity index (χ1) is 7.16. The van der Waals surface area contributed by atoms with Gasteiger partial charge in [0.2, 0.25) is 0 Å². The number of carbonyl (C=O) groups excluding carboxylic acids is 1. The van der Waals surface area contributed by atoms with Gasteiger partial charge in [0.15, 0.2) is 5.78 Å². The van der Waals surface area contributed by atoms with E-state index in [-0.39, 0.29) is 5.78 Å². The Bertz CT molecular complexity index is 387. The number of hydrogen-bond donors (Lipinski definition) is 0. The molecule has 0 saturated carbocycles. The van der Waals surface area contributed by atoms with E-state index < -0.39 is 0 Å². The van der Waals surface area contributed by atoms with E-state index in [1.165, 1.54) is 5.56 Å². The normalized spacial score (nSPS) is 16.9. The lowest BCUT2D eigenvalue weighted by Gasteiger charge is -2.12. The number of rotatable bonds is 1. The number of fused-ring (bicyclic) bond motifs is 1. The van der Waals surface area contributed by atoms with Crippen LogP contribution in [0.3, 0.4) is 0 Å². The molecule has 0 amide bonds. The lowest BCUT2D eigenvalue weighted by molar-refractivity contribution is 0.0387. The minimum absolute atomic E-state index is 0.107. The van der Waals surface area contributed by atoms with Crippen LogP contribution >= 0.6 is 0 Å². The van der Waals surface area contributed by atoms with Gasteiger partial charge in [0.25, 0.3) is 0 Å². The highest BCUT2D eigenvalue weighted by Gasteiger charge is 2.12. The third-order valence-corrected chi connectivity index (χ3v) is 2.62. The number of benzene rings is 1. The molecule has 0 saturated heterocycles. The summed E-state index contributed by atoms with van der Waals surface area (Å²) in [6, 6.07) is 5.86. The van der Waals surface area contributed by atoms with Crippen molar-refractivity contribution in [2.45, 2.75) is 20.1 Å². The van der Waals surface area contributed by atoms with Crippen molar-refractivity contribution in [1.29, 1.82) is 0 Å². The molecule has 2 rings (SSSR count). The maximum absolute atomic E-state index is 11.2. The molecule has 3 nitrogen and oxygen atoms in total. The van der Waals surface area contributed by atoms with Gasteiger partial charge < -0.3 is 4.74 Å². The zero-order valence-electron chi connectivity index (χ0n) is 9.12. The largest absolute Gasteiger partial charge is 0.361 e. The number of ketones is 1. The molecule has 0 aliphatic carbocycles. The number of ether oxygens (including phenoxy) is 1. The summed E-state index contributed by atoms with van der Waals surface area (Å²) in [4.78, 5) is 13.3. The summed E-state index contributed by atoms with van der Waals surface area (Å²) in [7, 11) is 2.02. The minimum atomic E-state index is 0.107. The highest BCUT2D eigenvalue weighted by molar-refractivity contribution is 5.94. The molecule has 1 aromatic rings. The van der Waals surface area contributed by atoms with Crippen LogP contribution in [0.1, 0.15) is 28.4 Å². The average molecular weight is 205 g/mol. The van der Waals surface area contributed by atoms with Crippen LogP contribution in [-0.2, 0) is 17.9 Å². The molecule has 0 fully saturated rings. The third kappa shape index (κ3) is 2.25. The van der Waals surface area contributed by atoms with Gasteiger partial charge in [0.05, 0.1) is 13.3 Å². The summed E-state index contributed by atoms with van der Waals surface area (Å²) in [5.74, 6) is 0.107. The quantitative estimate of drug-likeness (QED) is 0.655. The van der Waals surface area contributed by atoms with Crippen LogP contribution in [0.25, 0.3) is 0 Å². The van der Waals surface area contributed by atoms with Crippen molar-refractivity contribution in [1.82, 2.24) is 4.90 Å². The van der Waals surface area contributed by atoms with E-state index in [1.807, 2.05) is 25.2 Å². The standard InChI is InChI=1S/C12H15NO2/c1-9(14)10-3-4-11-6-13(2)8-15-7-12(11)5-10/h3-5H,6-8H2,1-2H3. The number of nitrogens with zero attached hydrogens (tertiary/aromatic N) is 1. The number of carbonyl (C=O) groups is 1. The van der Waals surface area contributed by atoms with Crippen LogP contribution in [0.4, 0.5) is 0 Å². The molecule has 0 spiro atoms. The fourth-order valence-corrected chi connectivity index (χ4v) is 1.78. The molecule has 15 heavy (non-hydrogen) atoms. The van der Waals surface area contributed by atoms with Crippen LogP contribution in [0, 0.1) is 0 Å². The molecule has 1 heterocycles. The van der Waals surface area contributed by atoms with Crippen molar-refractivity contribution < 1.29 is 9.53 Å². The summed E-state index contributed by atoms with van der Waals surface area (Å²) >= 11 is 0. The van der Waals surface area contributed by atoms with Gasteiger partial charge in [0, 0.05) is 12.1 Å². The molecule has 1 aliphatic heterocycles. The molecule has 0 unspecified atom stereocenters. The van der Waals surface area contributed by atoms with Crippen LogP contribution in [0.15, 0.2) is 18.2 Å². The second kappa shape index (κ2) is 4.13. The van der Waals surface area contributed by atoms with Gasteiger partial charge in [0.1, 0.15) is 0 Å². The van der Waals surface area contributed by atoms with Gasteiger partial charge in [-0.15, -0.1) is 0 Å². The predicted octanol–water partition coefficient (Wildman–Crippen LogP) is 1.81. The zero-order chi connectivity index (χ0) is 10.8. The smallest absolute Gasteiger partial charge is 0.159 e. The summed E-state index contributed by atoms with van der Waals surface area (Å²) in [6.45, 7) is 3.71. The van der Waals surface area contributed by atoms with Crippen molar-refractivity contribution in [3.05, 3.63) is 34.9 Å². The van der Waals surface area contributed by atoms with E-state index in [4.69, 9.17) is 4.74 Å². The molecular weight excluding hydrogens is 190 g/mol. The summed E-state index contributed by atoms with van der Waals surface area (Å²) in [5.41, 5.74) is 3.15. The van der Waals surface area contributed by atoms with Crippen molar-refractivity contribution >= 4 is 5.78 Å². The predicted molar refractivity (Wildman–Crippen MR) is 57.6 cm³/mol. The Morgan fingerprint density at radius 1 is 1.40 bits per heavy atom. The lowest BCUT2D eigenvalue weighted by atomic mass is 10.0. The minimum Gasteiger partial charge on any atom is -0.361 e. The second-order valence-corrected chi connectivity index (χ2v) is 4.03. The molecule has 1 aromatic carbocycles. The summed E-state index contributed by atoms with van der Waals surface area (Å²) in [5, 5.41) is 0. The Morgan fingerprint density at radius 3 is 2.93 bits per heavy atom. The monoisotopic (exact) mass is 205 g/mol. The molecule has 0 atom stereocenters. The van der Waals surface area contributed by atoms with E-state index >= 15 is 0 Å². The molecule has 0 radical (unpaired) electrons. The van der Waals surface area contributed by atoms with Gasteiger partial charge >= 0.3 is 0 Å². The van der Waals surface area contributed by atoms with E-state index in [2.05, 4.69) is 4.90 Å². The Morgan fingerprint density at radius 2 is 2.20 bits per heavy atom. The molecule has 1 aliphatic rings. The van der Waals surface area contributed by atoms with E-state index in [0.29, 0.717) is 13.3 Å². The first-order valence-corrected chi connectivity index (χ1v) is 5.06. The van der Waals surface area contributed by atoms with Gasteiger partial charge in [-0.3, -0.25) is 9.69 Å². The number of hydrogen-bond acceptors (Lipinski definition) is 3. The lowest BCUT2D eigenvalue weighted by Crippen LogP contribution is -2.18. The Balaban J connectivity index is 2.35. The van der Waals surface area contributed by atoms with Gasteiger partial charge in [-0.05, 0) is 31.2 Å². The molecule has 0 aromatic heterocycles. The third-order valence-electron chi connectivity index (χ3n) is 2.62. The average Bonchev–Trinajstić information content (AvgIpc) is 2.37. The zero-order valence-corrected chi connectivity index (χ0v) is 9.12. The van der Waals surface area contributed by atoms with Crippen LogP contribution in [0.2, 0.25) is 0 Å². The number of Topliss-reactive ketones (excluding diaryl/α,β-unsaturated/α-hetero) is 1. The van der Waals surface area contributed by atoms with Crippen molar-refractivity contribution in [3.63, 3.8) is 0 Å². The second-order valence-electron chi connectivity index (χ2n) is 4.03. The summed E-state index contributed by atoms with van der Waals surface area (Å²) in [6.07, 6.45) is 0. The van der Waals surface area contributed by atoms with Crippen molar-refractivity contribution in [2.75, 3.05) is 13.8 Å². The van der Waals surface area contributed by atoms with Gasteiger partial charge in [-0.1, -0.05) is 12.1 Å². The van der Waals surface area contributed by atoms with Crippen molar-refractivity contribution in [3.8, 4) is 0 Å². The molecular formula is C12H15NO2. The Kier molecular flexibility index (Phi) is 2.84. The van der Waals surface area contributed by atoms with Gasteiger partial charge in [-0.25, -0.2) is 0 Å². The van der Waals surface area contributed by atoms with Crippen molar-refractivity contribution in [2.24, 2.45) is 0 Å². The molecule has 3 heteroatoms. The topological polar surface area (TPSA) is 29.5 Å². The Labute approximate surface area is 89.7 Å². The first kappa shape index (κ1) is 10.3. The maximum Gasteiger partial charge on any atom is 0.159 e. The first-order valence-electron chi connectivity index (χ1n) is 5.06. The van der Waals surface area contributed by atoms with Crippen LogP contribution in [0.5, 0.6) is 0 Å². The molecule has 0 bridgehead atoms. The van der Waals surface area contributed by atoms with E-state index in [9.17, 15) is 4.79 Å². The maximum atomic E-state index is 11.2. The fraction of sp³-hybridized carbons (Fsp3) is 0.417. The highest BCUT2D eigenvalue weighted by atomic mass is 16.5. The van der Waals surface area contributed by atoms with Gasteiger partial charge in [-0.2, -0.15) is 0 Å². The Hall–Kier alpha value is -1.19. The fourth-order valence-electron chi connectivity index (χ4n) is 1.78. The SMILES string of the molecule is CC(=O)c1ccc2c(c1)COCN(C)C2.